The van der Waals surface area contributed by atoms with Gasteiger partial charge in [-0.1, -0.05) is 68.4 Å². The molecule has 3 rings (SSSR count). The molecule has 0 saturated carbocycles. The Balaban J connectivity index is 1.76. The number of primary sulfonamides is 1. The van der Waals surface area contributed by atoms with Gasteiger partial charge in [0.25, 0.3) is 0 Å². The lowest BCUT2D eigenvalue weighted by Crippen LogP contribution is -2.41. The maximum absolute atomic E-state index is 13.0. The number of rotatable bonds is 8. The van der Waals surface area contributed by atoms with Crippen molar-refractivity contribution in [3.63, 3.8) is 0 Å². The van der Waals surface area contributed by atoms with Crippen molar-refractivity contribution in [1.29, 1.82) is 0 Å². The second-order valence-electron chi connectivity index (χ2n) is 8.68. The molecule has 0 spiro atoms. The van der Waals surface area contributed by atoms with Crippen molar-refractivity contribution < 1.29 is 18.0 Å². The molecule has 0 aliphatic heterocycles. The normalized spacial score (nSPS) is 11.3. The summed E-state index contributed by atoms with van der Waals surface area (Å²) >= 11 is 0. The lowest BCUT2D eigenvalue weighted by molar-refractivity contribution is -0.143. The summed E-state index contributed by atoms with van der Waals surface area (Å²) in [6, 6.07) is 20.6. The van der Waals surface area contributed by atoms with E-state index < -0.39 is 21.8 Å². The monoisotopic (exact) mass is 494 g/mol. The minimum absolute atomic E-state index is 0.00926. The number of anilines is 1. The molecule has 0 bridgehead atoms. The first-order valence-corrected chi connectivity index (χ1v) is 12.7. The maximum Gasteiger partial charge on any atom is 0.313 e. The number of amides is 2. The van der Waals surface area contributed by atoms with Crippen LogP contribution in [0.25, 0.3) is 11.1 Å². The Hall–Kier alpha value is -3.53. The van der Waals surface area contributed by atoms with Gasteiger partial charge in [0.05, 0.1) is 4.90 Å². The molecule has 3 aromatic carbocycles. The van der Waals surface area contributed by atoms with E-state index in [-0.39, 0.29) is 10.8 Å². The van der Waals surface area contributed by atoms with Crippen LogP contribution >= 0.6 is 0 Å². The molecular weight excluding hydrogens is 464 g/mol. The van der Waals surface area contributed by atoms with E-state index in [9.17, 15) is 18.0 Å². The van der Waals surface area contributed by atoms with Crippen molar-refractivity contribution in [2.45, 2.75) is 31.8 Å². The summed E-state index contributed by atoms with van der Waals surface area (Å²) in [5.74, 6) is -1.22. The Labute approximate surface area is 206 Å². The third-order valence-electron chi connectivity index (χ3n) is 5.31. The predicted molar refractivity (Wildman–Crippen MR) is 136 cm³/mol. The number of sulfonamides is 1. The van der Waals surface area contributed by atoms with Gasteiger partial charge >= 0.3 is 11.8 Å². The molecule has 0 atom stereocenters. The minimum Gasteiger partial charge on any atom is -0.330 e. The largest absolute Gasteiger partial charge is 0.330 e. The molecular formula is C26H30N4O4S. The molecule has 0 unspecified atom stereocenters. The van der Waals surface area contributed by atoms with Gasteiger partial charge in [-0.25, -0.2) is 13.6 Å². The molecule has 0 heterocycles. The summed E-state index contributed by atoms with van der Waals surface area (Å²) in [5, 5.41) is 7.96. The van der Waals surface area contributed by atoms with Gasteiger partial charge in [-0.2, -0.15) is 0 Å². The number of carbonyl (C=O) groups excluding carboxylic acids is 2. The summed E-state index contributed by atoms with van der Waals surface area (Å²) < 4.78 is 23.8. The number of hydrogen-bond donors (Lipinski definition) is 3. The minimum atomic E-state index is -3.90. The fourth-order valence-corrected chi connectivity index (χ4v) is 4.51. The van der Waals surface area contributed by atoms with Crippen LogP contribution in [0.5, 0.6) is 0 Å². The molecule has 8 nitrogen and oxygen atoms in total. The molecule has 35 heavy (non-hydrogen) atoms. The third kappa shape index (κ3) is 6.98. The van der Waals surface area contributed by atoms with Crippen LogP contribution in [-0.2, 0) is 32.7 Å². The first-order chi connectivity index (χ1) is 16.6. The molecule has 2 amide bonds. The van der Waals surface area contributed by atoms with Gasteiger partial charge in [-0.05, 0) is 40.8 Å². The van der Waals surface area contributed by atoms with Gasteiger partial charge < -0.3 is 16.0 Å². The zero-order valence-electron chi connectivity index (χ0n) is 19.8. The molecule has 184 valence electrons. The van der Waals surface area contributed by atoms with Gasteiger partial charge in [0.1, 0.15) is 0 Å². The highest BCUT2D eigenvalue weighted by Crippen LogP contribution is 2.27. The van der Waals surface area contributed by atoms with E-state index >= 15 is 0 Å². The summed E-state index contributed by atoms with van der Waals surface area (Å²) in [6.07, 6.45) is 0. The van der Waals surface area contributed by atoms with E-state index in [0.29, 0.717) is 36.4 Å². The summed E-state index contributed by atoms with van der Waals surface area (Å²) in [7, 11) is -3.90. The van der Waals surface area contributed by atoms with Crippen molar-refractivity contribution in [2.24, 2.45) is 16.8 Å². The zero-order chi connectivity index (χ0) is 25.6. The van der Waals surface area contributed by atoms with E-state index in [0.717, 1.165) is 11.1 Å². The molecule has 0 radical (unpaired) electrons. The van der Waals surface area contributed by atoms with Crippen LogP contribution < -0.4 is 16.2 Å². The van der Waals surface area contributed by atoms with Gasteiger partial charge in [-0.3, -0.25) is 9.59 Å². The van der Waals surface area contributed by atoms with E-state index in [4.69, 9.17) is 10.9 Å². The molecule has 0 aliphatic carbocycles. The van der Waals surface area contributed by atoms with Gasteiger partial charge in [-0.15, -0.1) is 0 Å². The predicted octanol–water partition coefficient (Wildman–Crippen LogP) is 3.08. The van der Waals surface area contributed by atoms with Crippen LogP contribution in [0.4, 0.5) is 5.69 Å². The Morgan fingerprint density at radius 1 is 0.943 bits per heavy atom. The van der Waals surface area contributed by atoms with Gasteiger partial charge in [0, 0.05) is 30.9 Å². The average molecular weight is 495 g/mol. The fourth-order valence-electron chi connectivity index (χ4n) is 3.75. The smallest absolute Gasteiger partial charge is 0.313 e. The molecule has 0 aliphatic rings. The number of nitrogens with one attached hydrogen (secondary N) is 1. The number of nitrogens with zero attached hydrogens (tertiary/aromatic N) is 1. The fraction of sp³-hybridized carbons (Fsp3) is 0.231. The van der Waals surface area contributed by atoms with Crippen molar-refractivity contribution in [3.05, 3.63) is 83.9 Å². The average Bonchev–Trinajstić information content (AvgIpc) is 2.83. The van der Waals surface area contributed by atoms with Crippen molar-refractivity contribution in [1.82, 2.24) is 4.90 Å². The first-order valence-electron chi connectivity index (χ1n) is 11.2. The highest BCUT2D eigenvalue weighted by molar-refractivity contribution is 7.89. The Kier molecular flexibility index (Phi) is 8.39. The van der Waals surface area contributed by atoms with Crippen molar-refractivity contribution in [2.75, 3.05) is 11.9 Å². The summed E-state index contributed by atoms with van der Waals surface area (Å²) in [5.41, 5.74) is 9.04. The SMILES string of the molecule is CC(C)CN(Cc1cccc(CN)c1)C(=O)C(=O)Nc1ccc(-c2ccccc2S(N)(=O)=O)cc1. The van der Waals surface area contributed by atoms with E-state index in [2.05, 4.69) is 5.32 Å². The van der Waals surface area contributed by atoms with Crippen LogP contribution in [0.1, 0.15) is 25.0 Å². The third-order valence-corrected chi connectivity index (χ3v) is 6.28. The molecule has 0 fully saturated rings. The van der Waals surface area contributed by atoms with Crippen LogP contribution in [0.3, 0.4) is 0 Å². The summed E-state index contributed by atoms with van der Waals surface area (Å²) in [6.45, 7) is 5.06. The Morgan fingerprint density at radius 2 is 1.60 bits per heavy atom. The van der Waals surface area contributed by atoms with E-state index in [1.54, 1.807) is 42.5 Å². The van der Waals surface area contributed by atoms with E-state index in [1.807, 2.05) is 38.1 Å². The van der Waals surface area contributed by atoms with Crippen LogP contribution in [-0.4, -0.2) is 31.7 Å². The first kappa shape index (κ1) is 26.1. The maximum atomic E-state index is 13.0. The van der Waals surface area contributed by atoms with Crippen LogP contribution in [0, 0.1) is 5.92 Å². The quantitative estimate of drug-likeness (QED) is 0.414. The molecule has 0 saturated heterocycles. The lowest BCUT2D eigenvalue weighted by Gasteiger charge is -2.24. The molecule has 9 heteroatoms. The highest BCUT2D eigenvalue weighted by atomic mass is 32.2. The topological polar surface area (TPSA) is 136 Å². The van der Waals surface area contributed by atoms with Gasteiger partial charge in [0.15, 0.2) is 0 Å². The van der Waals surface area contributed by atoms with Crippen LogP contribution in [0.2, 0.25) is 0 Å². The molecule has 5 N–H and O–H groups in total. The number of hydrogen-bond acceptors (Lipinski definition) is 5. The van der Waals surface area contributed by atoms with Crippen molar-refractivity contribution in [3.8, 4) is 11.1 Å². The Bertz CT molecular complexity index is 1300. The Morgan fingerprint density at radius 3 is 2.23 bits per heavy atom. The second-order valence-corrected chi connectivity index (χ2v) is 10.2. The van der Waals surface area contributed by atoms with Crippen molar-refractivity contribution >= 4 is 27.5 Å². The summed E-state index contributed by atoms with van der Waals surface area (Å²) in [4.78, 5) is 27.3. The lowest BCUT2D eigenvalue weighted by atomic mass is 10.1. The zero-order valence-corrected chi connectivity index (χ0v) is 20.6. The highest BCUT2D eigenvalue weighted by Gasteiger charge is 2.23. The number of nitrogens with two attached hydrogens (primary N) is 2. The molecule has 0 aromatic heterocycles. The van der Waals surface area contributed by atoms with Gasteiger partial charge in [0.2, 0.25) is 10.0 Å². The van der Waals surface area contributed by atoms with E-state index in [1.165, 1.54) is 11.0 Å². The molecule has 3 aromatic rings. The standard InChI is InChI=1S/C26H30N4O4S/c1-18(2)16-30(17-20-7-5-6-19(14-20)15-27)26(32)25(31)29-22-12-10-21(11-13-22)23-8-3-4-9-24(23)35(28,33)34/h3-14,18H,15-17,27H2,1-2H3,(H,29,31)(H2,28,33,34). The second kappa shape index (κ2) is 11.3. The number of carbonyl (C=O) groups is 2. The van der Waals surface area contributed by atoms with Crippen LogP contribution in [0.15, 0.2) is 77.7 Å². The number of benzene rings is 3.